The fourth-order valence-electron chi connectivity index (χ4n) is 1.58. The second-order valence-electron chi connectivity index (χ2n) is 4.16. The number of thiophene rings is 2. The van der Waals surface area contributed by atoms with E-state index in [1.165, 1.54) is 11.3 Å². The van der Waals surface area contributed by atoms with Crippen LogP contribution in [0.3, 0.4) is 0 Å². The van der Waals surface area contributed by atoms with Gasteiger partial charge in [-0.1, -0.05) is 17.9 Å². The van der Waals surface area contributed by atoms with Gasteiger partial charge in [-0.05, 0) is 30.0 Å². The van der Waals surface area contributed by atoms with Crippen molar-refractivity contribution in [3.8, 4) is 11.8 Å². The number of nitrogens with one attached hydrogen (secondary N) is 1. The lowest BCUT2D eigenvalue weighted by Gasteiger charge is -2.00. The molecule has 0 aromatic carbocycles. The molecule has 2 heterocycles. The third-order valence-corrected chi connectivity index (χ3v) is 4.61. The summed E-state index contributed by atoms with van der Waals surface area (Å²) in [6.45, 7) is 2.56. The van der Waals surface area contributed by atoms with Gasteiger partial charge in [-0.15, -0.1) is 22.7 Å². The highest BCUT2D eigenvalue weighted by Gasteiger charge is 2.11. The number of aliphatic hydroxyl groups excluding tert-OH is 1. The van der Waals surface area contributed by atoms with Crippen LogP contribution in [0.25, 0.3) is 0 Å². The Kier molecular flexibility index (Phi) is 5.36. The maximum absolute atomic E-state index is 12.1. The summed E-state index contributed by atoms with van der Waals surface area (Å²) >= 11 is 3.02. The van der Waals surface area contributed by atoms with Crippen molar-refractivity contribution in [1.82, 2.24) is 5.32 Å². The molecule has 0 aliphatic heterocycles. The number of aryl methyl sites for hydroxylation is 1. The number of amides is 1. The largest absolute Gasteiger partial charge is 0.395 e. The predicted molar refractivity (Wildman–Crippen MR) is 83.1 cm³/mol. The van der Waals surface area contributed by atoms with E-state index in [0.29, 0.717) is 17.8 Å². The molecule has 0 atom stereocenters. The standard InChI is InChI=1S/C15H15NO2S2/c1-11-9-14(20-13(11)6-2-3-7-17)15(18)16-10-12-5-4-8-19-12/h4-5,8-9,17H,3,7,10H2,1H3,(H,16,18). The molecule has 0 saturated heterocycles. The minimum atomic E-state index is -0.0679. The third-order valence-electron chi connectivity index (χ3n) is 2.58. The molecule has 0 aliphatic rings. The Morgan fingerprint density at radius 1 is 1.50 bits per heavy atom. The summed E-state index contributed by atoms with van der Waals surface area (Å²) in [5, 5.41) is 13.6. The van der Waals surface area contributed by atoms with E-state index in [2.05, 4.69) is 17.2 Å². The number of carbonyl (C=O) groups is 1. The number of rotatable bonds is 4. The van der Waals surface area contributed by atoms with Gasteiger partial charge in [0.25, 0.3) is 5.91 Å². The van der Waals surface area contributed by atoms with Gasteiger partial charge < -0.3 is 10.4 Å². The Labute approximate surface area is 126 Å². The van der Waals surface area contributed by atoms with E-state index in [0.717, 1.165) is 15.3 Å². The van der Waals surface area contributed by atoms with E-state index in [1.54, 1.807) is 11.3 Å². The quantitative estimate of drug-likeness (QED) is 0.853. The van der Waals surface area contributed by atoms with Crippen LogP contribution in [-0.4, -0.2) is 17.6 Å². The molecule has 0 radical (unpaired) electrons. The Bertz CT molecular complexity index is 633. The van der Waals surface area contributed by atoms with Crippen LogP contribution in [0.5, 0.6) is 0 Å². The van der Waals surface area contributed by atoms with Gasteiger partial charge >= 0.3 is 0 Å². The second-order valence-corrected chi connectivity index (χ2v) is 6.24. The zero-order chi connectivity index (χ0) is 14.4. The molecule has 0 bridgehead atoms. The summed E-state index contributed by atoms with van der Waals surface area (Å²) in [5.74, 6) is 5.80. The molecule has 0 saturated carbocycles. The zero-order valence-electron chi connectivity index (χ0n) is 11.1. The van der Waals surface area contributed by atoms with Crippen molar-refractivity contribution < 1.29 is 9.90 Å². The van der Waals surface area contributed by atoms with Gasteiger partial charge in [-0.25, -0.2) is 0 Å². The molecule has 2 N–H and O–H groups in total. The van der Waals surface area contributed by atoms with Crippen molar-refractivity contribution >= 4 is 28.6 Å². The summed E-state index contributed by atoms with van der Waals surface area (Å²) in [5.41, 5.74) is 1.00. The molecule has 2 rings (SSSR count). The van der Waals surface area contributed by atoms with Gasteiger partial charge in [0.15, 0.2) is 0 Å². The van der Waals surface area contributed by atoms with Crippen LogP contribution in [0.2, 0.25) is 0 Å². The molecule has 3 nitrogen and oxygen atoms in total. The van der Waals surface area contributed by atoms with Crippen molar-refractivity contribution in [3.63, 3.8) is 0 Å². The van der Waals surface area contributed by atoms with Gasteiger partial charge in [0, 0.05) is 11.3 Å². The maximum atomic E-state index is 12.1. The lowest BCUT2D eigenvalue weighted by atomic mass is 10.2. The van der Waals surface area contributed by atoms with Crippen LogP contribution in [0.15, 0.2) is 23.6 Å². The molecule has 2 aromatic heterocycles. The monoisotopic (exact) mass is 305 g/mol. The van der Waals surface area contributed by atoms with Gasteiger partial charge in [0.2, 0.25) is 0 Å². The summed E-state index contributed by atoms with van der Waals surface area (Å²) in [6.07, 6.45) is 0.456. The van der Waals surface area contributed by atoms with Gasteiger partial charge in [-0.3, -0.25) is 4.79 Å². The van der Waals surface area contributed by atoms with Crippen LogP contribution in [-0.2, 0) is 6.54 Å². The predicted octanol–water partition coefficient (Wildman–Crippen LogP) is 2.78. The first-order chi connectivity index (χ1) is 9.70. The Balaban J connectivity index is 2.00. The number of aliphatic hydroxyl groups is 1. The molecule has 2 aromatic rings. The number of carbonyl (C=O) groups excluding carboxylic acids is 1. The molecule has 0 spiro atoms. The number of hydrogen-bond acceptors (Lipinski definition) is 4. The molecule has 0 aliphatic carbocycles. The van der Waals surface area contributed by atoms with E-state index in [1.807, 2.05) is 30.5 Å². The van der Waals surface area contributed by atoms with E-state index in [9.17, 15) is 4.79 Å². The van der Waals surface area contributed by atoms with Crippen molar-refractivity contribution in [2.24, 2.45) is 0 Å². The van der Waals surface area contributed by atoms with Crippen LogP contribution < -0.4 is 5.32 Å². The summed E-state index contributed by atoms with van der Waals surface area (Å²) < 4.78 is 0. The molecule has 1 amide bonds. The van der Waals surface area contributed by atoms with Gasteiger partial charge in [0.1, 0.15) is 0 Å². The summed E-state index contributed by atoms with van der Waals surface area (Å²) in [7, 11) is 0. The minimum Gasteiger partial charge on any atom is -0.395 e. The first-order valence-electron chi connectivity index (χ1n) is 6.21. The fourth-order valence-corrected chi connectivity index (χ4v) is 3.19. The Morgan fingerprint density at radius 3 is 3.05 bits per heavy atom. The Morgan fingerprint density at radius 2 is 2.35 bits per heavy atom. The Hall–Kier alpha value is -1.61. The molecular formula is C15H15NO2S2. The average molecular weight is 305 g/mol. The minimum absolute atomic E-state index is 0.0611. The molecule has 20 heavy (non-hydrogen) atoms. The summed E-state index contributed by atoms with van der Waals surface area (Å²) in [6, 6.07) is 5.82. The average Bonchev–Trinajstić information content (AvgIpc) is 3.07. The van der Waals surface area contributed by atoms with Crippen LogP contribution >= 0.6 is 22.7 Å². The second kappa shape index (κ2) is 7.25. The van der Waals surface area contributed by atoms with Crippen molar-refractivity contribution in [2.45, 2.75) is 19.9 Å². The van der Waals surface area contributed by atoms with Crippen molar-refractivity contribution in [1.29, 1.82) is 0 Å². The topological polar surface area (TPSA) is 49.3 Å². The fraction of sp³-hybridized carbons (Fsp3) is 0.267. The number of hydrogen-bond donors (Lipinski definition) is 2. The summed E-state index contributed by atoms with van der Waals surface area (Å²) in [4.78, 5) is 14.7. The van der Waals surface area contributed by atoms with Crippen molar-refractivity contribution in [3.05, 3.63) is 43.8 Å². The van der Waals surface area contributed by atoms with E-state index in [-0.39, 0.29) is 12.5 Å². The molecule has 5 heteroatoms. The first kappa shape index (κ1) is 14.8. The lowest BCUT2D eigenvalue weighted by Crippen LogP contribution is -2.21. The highest BCUT2D eigenvalue weighted by molar-refractivity contribution is 7.14. The van der Waals surface area contributed by atoms with Gasteiger partial charge in [0.05, 0.1) is 22.9 Å². The first-order valence-corrected chi connectivity index (χ1v) is 7.91. The van der Waals surface area contributed by atoms with Crippen molar-refractivity contribution in [2.75, 3.05) is 6.61 Å². The maximum Gasteiger partial charge on any atom is 0.261 e. The van der Waals surface area contributed by atoms with Crippen LogP contribution in [0.1, 0.15) is 31.4 Å². The van der Waals surface area contributed by atoms with E-state index in [4.69, 9.17) is 5.11 Å². The SMILES string of the molecule is Cc1cc(C(=O)NCc2cccs2)sc1C#CCCO. The highest BCUT2D eigenvalue weighted by Crippen LogP contribution is 2.21. The smallest absolute Gasteiger partial charge is 0.261 e. The zero-order valence-corrected chi connectivity index (χ0v) is 12.7. The lowest BCUT2D eigenvalue weighted by molar-refractivity contribution is 0.0955. The highest BCUT2D eigenvalue weighted by atomic mass is 32.1. The van der Waals surface area contributed by atoms with Crippen LogP contribution in [0, 0.1) is 18.8 Å². The normalized spacial score (nSPS) is 9.90. The third kappa shape index (κ3) is 3.94. The molecule has 104 valence electrons. The molecule has 0 fully saturated rings. The van der Waals surface area contributed by atoms with Gasteiger partial charge in [-0.2, -0.15) is 0 Å². The van der Waals surface area contributed by atoms with E-state index < -0.39 is 0 Å². The van der Waals surface area contributed by atoms with E-state index >= 15 is 0 Å². The molecule has 0 unspecified atom stereocenters. The molecular weight excluding hydrogens is 290 g/mol. The van der Waals surface area contributed by atoms with Crippen LogP contribution in [0.4, 0.5) is 0 Å².